The molecule has 1 heterocycles. The fraction of sp³-hybridized carbons (Fsp3) is 0.312. The predicted octanol–water partition coefficient (Wildman–Crippen LogP) is 3.13. The van der Waals surface area contributed by atoms with Gasteiger partial charge in [-0.2, -0.15) is 0 Å². The van der Waals surface area contributed by atoms with Crippen LogP contribution >= 0.6 is 24.0 Å². The Morgan fingerprint density at radius 1 is 1.09 bits per heavy atom. The minimum Gasteiger partial charge on any atom is -0.469 e. The summed E-state index contributed by atoms with van der Waals surface area (Å²) >= 11 is 0. The molecular weight excluding hydrogens is 415 g/mol. The van der Waals surface area contributed by atoms with Crippen LogP contribution in [0.15, 0.2) is 46.0 Å². The fourth-order valence-electron chi connectivity index (χ4n) is 2.04. The van der Waals surface area contributed by atoms with Crippen LogP contribution in [0.25, 0.3) is 0 Å². The molecule has 1 aromatic carbocycles. The lowest BCUT2D eigenvalue weighted by molar-refractivity contribution is 0.498. The third kappa shape index (κ3) is 6.17. The molecule has 2 N–H and O–H groups in total. The van der Waals surface area contributed by atoms with Gasteiger partial charge < -0.3 is 15.1 Å². The highest BCUT2D eigenvalue weighted by Crippen LogP contribution is 2.11. The predicted molar refractivity (Wildman–Crippen MR) is 97.3 cm³/mol. The Kier molecular flexibility index (Phi) is 8.60. The largest absolute Gasteiger partial charge is 0.469 e. The monoisotopic (exact) mass is 435 g/mol. The standard InChI is InChI=1S/C16H19F2N3O.HI/c1-19-16(21-10-8-13-5-3-11-22-13)20-9-7-12-4-2-6-14(17)15(12)18;/h2-6,11H,7-10H2,1H3,(H2,19,20,21);1H. The zero-order valence-corrected chi connectivity index (χ0v) is 15.1. The molecule has 2 aromatic rings. The van der Waals surface area contributed by atoms with Crippen molar-refractivity contribution in [2.24, 2.45) is 4.99 Å². The topological polar surface area (TPSA) is 49.6 Å². The molecule has 1 aromatic heterocycles. The molecule has 0 radical (unpaired) electrons. The van der Waals surface area contributed by atoms with Crippen molar-refractivity contribution in [2.45, 2.75) is 12.8 Å². The van der Waals surface area contributed by atoms with Crippen molar-refractivity contribution in [3.8, 4) is 0 Å². The summed E-state index contributed by atoms with van der Waals surface area (Å²) in [6, 6.07) is 7.94. The van der Waals surface area contributed by atoms with Crippen LogP contribution in [0, 0.1) is 11.6 Å². The highest BCUT2D eigenvalue weighted by Gasteiger charge is 2.07. The maximum atomic E-state index is 13.5. The minimum atomic E-state index is -0.821. The second kappa shape index (κ2) is 10.2. The van der Waals surface area contributed by atoms with Crippen molar-refractivity contribution in [3.63, 3.8) is 0 Å². The first-order valence-electron chi connectivity index (χ1n) is 7.10. The molecule has 0 amide bonds. The van der Waals surface area contributed by atoms with Crippen molar-refractivity contribution in [2.75, 3.05) is 20.1 Å². The quantitative estimate of drug-likeness (QED) is 0.417. The van der Waals surface area contributed by atoms with Gasteiger partial charge in [-0.05, 0) is 30.2 Å². The molecule has 0 saturated heterocycles. The lowest BCUT2D eigenvalue weighted by atomic mass is 10.1. The summed E-state index contributed by atoms with van der Waals surface area (Å²) in [6.07, 6.45) is 2.75. The molecule has 4 nitrogen and oxygen atoms in total. The lowest BCUT2D eigenvalue weighted by Gasteiger charge is -2.11. The highest BCUT2D eigenvalue weighted by atomic mass is 127. The summed E-state index contributed by atoms with van der Waals surface area (Å²) in [5, 5.41) is 6.19. The van der Waals surface area contributed by atoms with Crippen LogP contribution in [-0.4, -0.2) is 26.1 Å². The molecule has 0 spiro atoms. The van der Waals surface area contributed by atoms with Gasteiger partial charge >= 0.3 is 0 Å². The summed E-state index contributed by atoms with van der Waals surface area (Å²) in [7, 11) is 1.66. The number of hydrogen-bond donors (Lipinski definition) is 2. The van der Waals surface area contributed by atoms with Crippen molar-refractivity contribution < 1.29 is 13.2 Å². The smallest absolute Gasteiger partial charge is 0.191 e. The zero-order chi connectivity index (χ0) is 15.8. The average molecular weight is 435 g/mol. The van der Waals surface area contributed by atoms with Crippen molar-refractivity contribution >= 4 is 29.9 Å². The minimum absolute atomic E-state index is 0. The van der Waals surface area contributed by atoms with Gasteiger partial charge in [0.05, 0.1) is 6.26 Å². The first kappa shape index (κ1) is 19.4. The number of aliphatic imine (C=N–C) groups is 1. The van der Waals surface area contributed by atoms with Gasteiger partial charge in [0.25, 0.3) is 0 Å². The van der Waals surface area contributed by atoms with Crippen LogP contribution < -0.4 is 10.6 Å². The van der Waals surface area contributed by atoms with Crippen molar-refractivity contribution in [3.05, 3.63) is 59.6 Å². The van der Waals surface area contributed by atoms with Gasteiger partial charge in [0.15, 0.2) is 17.6 Å². The maximum Gasteiger partial charge on any atom is 0.191 e. The lowest BCUT2D eigenvalue weighted by Crippen LogP contribution is -2.39. The van der Waals surface area contributed by atoms with Crippen LogP contribution in [-0.2, 0) is 12.8 Å². The van der Waals surface area contributed by atoms with E-state index in [0.29, 0.717) is 31.0 Å². The number of benzene rings is 1. The van der Waals surface area contributed by atoms with E-state index in [1.807, 2.05) is 12.1 Å². The Hall–Kier alpha value is -1.64. The van der Waals surface area contributed by atoms with E-state index < -0.39 is 11.6 Å². The summed E-state index contributed by atoms with van der Waals surface area (Å²) in [6.45, 7) is 1.13. The van der Waals surface area contributed by atoms with Gasteiger partial charge in [0.1, 0.15) is 5.76 Å². The van der Waals surface area contributed by atoms with E-state index in [4.69, 9.17) is 4.42 Å². The zero-order valence-electron chi connectivity index (χ0n) is 12.8. The number of hydrogen-bond acceptors (Lipinski definition) is 2. The molecule has 0 fully saturated rings. The van der Waals surface area contributed by atoms with E-state index in [1.165, 1.54) is 6.07 Å². The van der Waals surface area contributed by atoms with Crippen molar-refractivity contribution in [1.82, 2.24) is 10.6 Å². The molecule has 0 saturated carbocycles. The number of rotatable bonds is 6. The van der Waals surface area contributed by atoms with Crippen LogP contribution in [0.2, 0.25) is 0 Å². The van der Waals surface area contributed by atoms with Crippen LogP contribution in [0.4, 0.5) is 8.78 Å². The van der Waals surface area contributed by atoms with E-state index in [0.717, 1.165) is 18.2 Å². The number of nitrogens with zero attached hydrogens (tertiary/aromatic N) is 1. The van der Waals surface area contributed by atoms with Gasteiger partial charge in [-0.15, -0.1) is 24.0 Å². The van der Waals surface area contributed by atoms with Crippen molar-refractivity contribution in [1.29, 1.82) is 0 Å². The third-order valence-corrected chi connectivity index (χ3v) is 3.19. The molecule has 7 heteroatoms. The van der Waals surface area contributed by atoms with Crippen LogP contribution in [0.5, 0.6) is 0 Å². The third-order valence-electron chi connectivity index (χ3n) is 3.19. The molecule has 0 bridgehead atoms. The summed E-state index contributed by atoms with van der Waals surface area (Å²) in [4.78, 5) is 4.07. The average Bonchev–Trinajstić information content (AvgIpc) is 3.03. The molecule has 0 aliphatic heterocycles. The summed E-state index contributed by atoms with van der Waals surface area (Å²) < 4.78 is 31.8. The molecule has 2 rings (SSSR count). The van der Waals surface area contributed by atoms with Gasteiger partial charge in [0.2, 0.25) is 0 Å². The van der Waals surface area contributed by atoms with Gasteiger partial charge in [-0.1, -0.05) is 12.1 Å². The number of halogens is 3. The molecule has 23 heavy (non-hydrogen) atoms. The number of guanidine groups is 1. The van der Waals surface area contributed by atoms with Gasteiger partial charge in [0, 0.05) is 26.6 Å². The second-order valence-electron chi connectivity index (χ2n) is 4.72. The normalized spacial score (nSPS) is 11.0. The molecule has 0 aliphatic rings. The molecule has 126 valence electrons. The van der Waals surface area contributed by atoms with E-state index in [1.54, 1.807) is 19.4 Å². The molecule has 0 atom stereocenters. The van der Waals surface area contributed by atoms with Gasteiger partial charge in [-0.3, -0.25) is 4.99 Å². The van der Waals surface area contributed by atoms with E-state index in [-0.39, 0.29) is 24.0 Å². The Morgan fingerprint density at radius 2 is 1.83 bits per heavy atom. The van der Waals surface area contributed by atoms with E-state index in [9.17, 15) is 8.78 Å². The Bertz CT molecular complexity index is 618. The molecular formula is C16H20F2IN3O. The second-order valence-corrected chi connectivity index (χ2v) is 4.72. The summed E-state index contributed by atoms with van der Waals surface area (Å²) in [5.41, 5.74) is 0.346. The SMILES string of the molecule is CN=C(NCCc1ccco1)NCCc1cccc(F)c1F.I. The van der Waals surface area contributed by atoms with E-state index >= 15 is 0 Å². The molecule has 0 aliphatic carbocycles. The van der Waals surface area contributed by atoms with Gasteiger partial charge in [-0.25, -0.2) is 8.78 Å². The number of nitrogens with one attached hydrogen (secondary N) is 2. The van der Waals surface area contributed by atoms with E-state index in [2.05, 4.69) is 15.6 Å². The summed E-state index contributed by atoms with van der Waals surface area (Å²) in [5.74, 6) is -0.100. The Morgan fingerprint density at radius 3 is 2.48 bits per heavy atom. The number of furan rings is 1. The highest BCUT2D eigenvalue weighted by molar-refractivity contribution is 14.0. The Labute approximate surface area is 151 Å². The fourth-order valence-corrected chi connectivity index (χ4v) is 2.04. The Balaban J connectivity index is 0.00000264. The first-order valence-corrected chi connectivity index (χ1v) is 7.10. The maximum absolute atomic E-state index is 13.5. The van der Waals surface area contributed by atoms with Crippen LogP contribution in [0.1, 0.15) is 11.3 Å². The van der Waals surface area contributed by atoms with Crippen LogP contribution in [0.3, 0.4) is 0 Å². The first-order chi connectivity index (χ1) is 10.7. The molecule has 0 unspecified atom stereocenters.